The van der Waals surface area contributed by atoms with E-state index in [0.29, 0.717) is 18.7 Å². The summed E-state index contributed by atoms with van der Waals surface area (Å²) in [5.41, 5.74) is 1.31. The zero-order valence-corrected chi connectivity index (χ0v) is 16.5. The van der Waals surface area contributed by atoms with Gasteiger partial charge in [0.05, 0.1) is 10.6 Å². The number of amides is 1. The summed E-state index contributed by atoms with van der Waals surface area (Å²) in [6.45, 7) is 3.95. The molecule has 0 aromatic heterocycles. The second-order valence-corrected chi connectivity index (χ2v) is 8.95. The number of rotatable bonds is 4. The van der Waals surface area contributed by atoms with Crippen LogP contribution in [-0.4, -0.2) is 38.3 Å². The van der Waals surface area contributed by atoms with Crippen LogP contribution in [-0.2, 0) is 16.4 Å². The fourth-order valence-electron chi connectivity index (χ4n) is 3.20. The zero-order valence-electron chi connectivity index (χ0n) is 15.6. The van der Waals surface area contributed by atoms with Gasteiger partial charge in [-0.25, -0.2) is 12.8 Å². The Balaban J connectivity index is 1.99. The number of carbonyl (C=O) groups excluding carboxylic acids is 1. The van der Waals surface area contributed by atoms with E-state index in [4.69, 9.17) is 0 Å². The van der Waals surface area contributed by atoms with Crippen molar-refractivity contribution in [1.82, 2.24) is 4.31 Å². The van der Waals surface area contributed by atoms with Crippen LogP contribution in [0.25, 0.3) is 0 Å². The Labute approximate surface area is 159 Å². The lowest BCUT2D eigenvalue weighted by Crippen LogP contribution is -2.36. The van der Waals surface area contributed by atoms with Crippen molar-refractivity contribution < 1.29 is 17.6 Å². The average Bonchev–Trinajstić information content (AvgIpc) is 2.66. The topological polar surface area (TPSA) is 57.7 Å². The first-order valence-electron chi connectivity index (χ1n) is 8.91. The van der Waals surface area contributed by atoms with Crippen molar-refractivity contribution in [2.45, 2.75) is 37.6 Å². The summed E-state index contributed by atoms with van der Waals surface area (Å²) in [5.74, 6) is -0.839. The molecule has 0 radical (unpaired) electrons. The van der Waals surface area contributed by atoms with Crippen molar-refractivity contribution in [1.29, 1.82) is 0 Å². The number of hydrogen-bond donors (Lipinski definition) is 0. The van der Waals surface area contributed by atoms with Crippen LogP contribution in [0, 0.1) is 5.82 Å². The van der Waals surface area contributed by atoms with E-state index in [9.17, 15) is 17.6 Å². The summed E-state index contributed by atoms with van der Waals surface area (Å²) in [6.07, 6.45) is 1.45. The van der Waals surface area contributed by atoms with Gasteiger partial charge in [0.15, 0.2) is 0 Å². The molecule has 0 saturated carbocycles. The van der Waals surface area contributed by atoms with Gasteiger partial charge in [-0.3, -0.25) is 4.79 Å². The first-order chi connectivity index (χ1) is 12.7. The Bertz CT molecular complexity index is 973. The second kappa shape index (κ2) is 7.40. The quantitative estimate of drug-likeness (QED) is 0.803. The van der Waals surface area contributed by atoms with Gasteiger partial charge in [-0.15, -0.1) is 0 Å². The van der Waals surface area contributed by atoms with E-state index < -0.39 is 21.7 Å². The van der Waals surface area contributed by atoms with E-state index in [1.54, 1.807) is 32.0 Å². The molecule has 0 saturated heterocycles. The number of aryl methyl sites for hydroxylation is 1. The maximum atomic E-state index is 14.4. The van der Waals surface area contributed by atoms with Gasteiger partial charge in [-0.05, 0) is 56.5 Å². The minimum absolute atomic E-state index is 0.0512. The predicted molar refractivity (Wildman–Crippen MR) is 103 cm³/mol. The third kappa shape index (κ3) is 3.61. The first kappa shape index (κ1) is 19.5. The third-order valence-corrected chi connectivity index (χ3v) is 6.93. The number of fused-ring (bicyclic) bond motifs is 1. The summed E-state index contributed by atoms with van der Waals surface area (Å²) < 4.78 is 41.1. The van der Waals surface area contributed by atoms with Crippen molar-refractivity contribution in [2.24, 2.45) is 0 Å². The molecule has 0 atom stereocenters. The monoisotopic (exact) mass is 390 g/mol. The van der Waals surface area contributed by atoms with Gasteiger partial charge in [0.2, 0.25) is 10.0 Å². The minimum atomic E-state index is -3.71. The van der Waals surface area contributed by atoms with Crippen LogP contribution < -0.4 is 4.90 Å². The van der Waals surface area contributed by atoms with Crippen LogP contribution in [0.2, 0.25) is 0 Å². The van der Waals surface area contributed by atoms with E-state index >= 15 is 0 Å². The molecule has 0 fully saturated rings. The molecule has 0 bridgehead atoms. The highest BCUT2D eigenvalue weighted by molar-refractivity contribution is 7.89. The molecule has 1 aliphatic heterocycles. The Hall–Kier alpha value is -2.25. The zero-order chi connectivity index (χ0) is 19.8. The van der Waals surface area contributed by atoms with Crippen LogP contribution >= 0.6 is 0 Å². The highest BCUT2D eigenvalue weighted by Crippen LogP contribution is 2.31. The summed E-state index contributed by atoms with van der Waals surface area (Å²) in [6, 6.07) is 10.5. The van der Waals surface area contributed by atoms with Crippen LogP contribution in [0.15, 0.2) is 47.4 Å². The molecular weight excluding hydrogens is 367 g/mol. The molecule has 0 N–H and O–H groups in total. The maximum absolute atomic E-state index is 14.4. The Morgan fingerprint density at radius 3 is 2.59 bits per heavy atom. The normalized spacial score (nSPS) is 14.5. The molecule has 7 heteroatoms. The van der Waals surface area contributed by atoms with E-state index in [1.807, 2.05) is 6.07 Å². The van der Waals surface area contributed by atoms with Gasteiger partial charge in [0.25, 0.3) is 5.91 Å². The standard InChI is InChI=1S/C20H23FN2O3S/c1-14(2)22(3)27(25,26)17-10-4-8-16(13-17)20(24)23-12-6-9-15-7-5-11-18(21)19(15)23/h4-5,7-8,10-11,13-14H,6,9,12H2,1-3H3. The highest BCUT2D eigenvalue weighted by atomic mass is 32.2. The Morgan fingerprint density at radius 1 is 1.19 bits per heavy atom. The number of para-hydroxylation sites is 1. The molecule has 0 unspecified atom stereocenters. The molecule has 1 amide bonds. The number of carbonyl (C=O) groups is 1. The lowest BCUT2D eigenvalue weighted by atomic mass is 10.0. The van der Waals surface area contributed by atoms with Crippen molar-refractivity contribution in [3.8, 4) is 0 Å². The smallest absolute Gasteiger partial charge is 0.258 e. The molecule has 3 rings (SSSR count). The lowest BCUT2D eigenvalue weighted by Gasteiger charge is -2.30. The van der Waals surface area contributed by atoms with Crippen LogP contribution in [0.4, 0.5) is 10.1 Å². The largest absolute Gasteiger partial charge is 0.305 e. The van der Waals surface area contributed by atoms with E-state index in [1.165, 1.54) is 34.5 Å². The summed E-state index contributed by atoms with van der Waals surface area (Å²) >= 11 is 0. The number of hydrogen-bond acceptors (Lipinski definition) is 3. The van der Waals surface area contributed by atoms with E-state index in [2.05, 4.69) is 0 Å². The van der Waals surface area contributed by atoms with Crippen LogP contribution in [0.5, 0.6) is 0 Å². The predicted octanol–water partition coefficient (Wildman–Crippen LogP) is 3.45. The molecule has 1 aliphatic rings. The van der Waals surface area contributed by atoms with Gasteiger partial charge < -0.3 is 4.90 Å². The molecule has 0 spiro atoms. The first-order valence-corrected chi connectivity index (χ1v) is 10.3. The molecule has 0 aliphatic carbocycles. The van der Waals surface area contributed by atoms with E-state index in [-0.39, 0.29) is 16.5 Å². The summed E-state index contributed by atoms with van der Waals surface area (Å²) in [5, 5.41) is 0. The van der Waals surface area contributed by atoms with Crippen molar-refractivity contribution in [2.75, 3.05) is 18.5 Å². The maximum Gasteiger partial charge on any atom is 0.258 e. The fraction of sp³-hybridized carbons (Fsp3) is 0.350. The number of halogens is 1. The Morgan fingerprint density at radius 2 is 1.89 bits per heavy atom. The summed E-state index contributed by atoms with van der Waals surface area (Å²) in [4.78, 5) is 14.5. The van der Waals surface area contributed by atoms with Gasteiger partial charge >= 0.3 is 0 Å². The van der Waals surface area contributed by atoms with Crippen LogP contribution in [0.1, 0.15) is 36.2 Å². The second-order valence-electron chi connectivity index (χ2n) is 6.95. The number of anilines is 1. The molecule has 5 nitrogen and oxygen atoms in total. The van der Waals surface area contributed by atoms with Crippen molar-refractivity contribution in [3.63, 3.8) is 0 Å². The summed E-state index contributed by atoms with van der Waals surface area (Å²) in [7, 11) is -2.20. The number of nitrogens with zero attached hydrogens (tertiary/aromatic N) is 2. The fourth-order valence-corrected chi connectivity index (χ4v) is 4.61. The van der Waals surface area contributed by atoms with Gasteiger partial charge in [-0.2, -0.15) is 4.31 Å². The number of sulfonamides is 1. The molecular formula is C20H23FN2O3S. The number of benzene rings is 2. The lowest BCUT2D eigenvalue weighted by molar-refractivity contribution is 0.0984. The van der Waals surface area contributed by atoms with Crippen molar-refractivity contribution in [3.05, 3.63) is 59.4 Å². The molecule has 144 valence electrons. The van der Waals surface area contributed by atoms with Crippen LogP contribution in [0.3, 0.4) is 0 Å². The molecule has 2 aromatic carbocycles. The Kier molecular flexibility index (Phi) is 5.35. The SMILES string of the molecule is CC(C)N(C)S(=O)(=O)c1cccc(C(=O)N2CCCc3cccc(F)c32)c1. The third-order valence-electron chi connectivity index (χ3n) is 4.90. The average molecular weight is 390 g/mol. The molecule has 27 heavy (non-hydrogen) atoms. The van der Waals surface area contributed by atoms with E-state index in [0.717, 1.165) is 12.0 Å². The van der Waals surface area contributed by atoms with Gasteiger partial charge in [0.1, 0.15) is 5.82 Å². The van der Waals surface area contributed by atoms with Gasteiger partial charge in [-0.1, -0.05) is 18.2 Å². The van der Waals surface area contributed by atoms with Crippen molar-refractivity contribution >= 4 is 21.6 Å². The minimum Gasteiger partial charge on any atom is -0.305 e. The molecule has 2 aromatic rings. The molecule has 1 heterocycles. The van der Waals surface area contributed by atoms with Gasteiger partial charge in [0, 0.05) is 25.2 Å². The highest BCUT2D eigenvalue weighted by Gasteiger charge is 2.28.